The minimum Gasteiger partial charge on any atom is -0.489 e. The van der Waals surface area contributed by atoms with E-state index < -0.39 is 0 Å². The first-order valence-corrected chi connectivity index (χ1v) is 6.01. The van der Waals surface area contributed by atoms with Gasteiger partial charge in [-0.2, -0.15) is 0 Å². The summed E-state index contributed by atoms with van der Waals surface area (Å²) in [7, 11) is 1.70. The minimum atomic E-state index is 0. The Morgan fingerprint density at radius 1 is 1.45 bits per heavy atom. The van der Waals surface area contributed by atoms with Crippen molar-refractivity contribution in [3.05, 3.63) is 42.5 Å². The largest absolute Gasteiger partial charge is 0.489 e. The molecule has 0 heterocycles. The van der Waals surface area contributed by atoms with Crippen LogP contribution in [0.15, 0.2) is 41.9 Å². The number of guanidine groups is 1. The average molecular weight is 385 g/mol. The van der Waals surface area contributed by atoms with Gasteiger partial charge in [0, 0.05) is 19.2 Å². The maximum Gasteiger partial charge on any atom is 0.192 e. The summed E-state index contributed by atoms with van der Waals surface area (Å²) < 4.78 is 5.58. The van der Waals surface area contributed by atoms with Crippen molar-refractivity contribution in [2.75, 3.05) is 20.2 Å². The van der Waals surface area contributed by atoms with E-state index in [-0.39, 0.29) is 24.0 Å². The second kappa shape index (κ2) is 11.2. The van der Waals surface area contributed by atoms with Crippen LogP contribution in [0, 0.1) is 12.3 Å². The zero-order chi connectivity index (χ0) is 13.9. The van der Waals surface area contributed by atoms with Crippen LogP contribution in [0.3, 0.4) is 0 Å². The van der Waals surface area contributed by atoms with Gasteiger partial charge in [-0.25, -0.2) is 0 Å². The summed E-state index contributed by atoms with van der Waals surface area (Å²) in [5.41, 5.74) is 1.05. The van der Waals surface area contributed by atoms with E-state index in [4.69, 9.17) is 11.2 Å². The van der Waals surface area contributed by atoms with E-state index in [1.54, 1.807) is 13.1 Å². The van der Waals surface area contributed by atoms with Gasteiger partial charge in [-0.1, -0.05) is 36.8 Å². The Labute approximate surface area is 137 Å². The van der Waals surface area contributed by atoms with Crippen molar-refractivity contribution in [2.24, 2.45) is 4.99 Å². The molecule has 0 aliphatic rings. The van der Waals surface area contributed by atoms with Gasteiger partial charge in [0.15, 0.2) is 5.96 Å². The van der Waals surface area contributed by atoms with Crippen LogP contribution in [0.2, 0.25) is 0 Å². The molecular formula is C15H20IN3O. The molecule has 0 fully saturated rings. The highest BCUT2D eigenvalue weighted by molar-refractivity contribution is 14.0. The number of nitrogens with one attached hydrogen (secondary N) is 2. The monoisotopic (exact) mass is 385 g/mol. The second-order valence-electron chi connectivity index (χ2n) is 3.69. The van der Waals surface area contributed by atoms with E-state index in [9.17, 15) is 0 Å². The van der Waals surface area contributed by atoms with Crippen LogP contribution in [0.4, 0.5) is 0 Å². The minimum absolute atomic E-state index is 0. The Kier molecular flexibility index (Phi) is 10.2. The molecule has 0 aliphatic carbocycles. The third-order valence-electron chi connectivity index (χ3n) is 2.36. The van der Waals surface area contributed by atoms with Crippen molar-refractivity contribution >= 4 is 29.9 Å². The van der Waals surface area contributed by atoms with Crippen LogP contribution in [0.1, 0.15) is 5.56 Å². The molecular weight excluding hydrogens is 365 g/mol. The van der Waals surface area contributed by atoms with Crippen molar-refractivity contribution in [1.82, 2.24) is 10.6 Å². The summed E-state index contributed by atoms with van der Waals surface area (Å²) in [5, 5.41) is 6.17. The number of hydrogen-bond acceptors (Lipinski definition) is 2. The summed E-state index contributed by atoms with van der Waals surface area (Å²) in [4.78, 5) is 4.07. The fraction of sp³-hybridized carbons (Fsp3) is 0.267. The summed E-state index contributed by atoms with van der Waals surface area (Å²) in [6.07, 6.45) is 6.91. The molecule has 0 saturated carbocycles. The first-order chi connectivity index (χ1) is 9.31. The van der Waals surface area contributed by atoms with E-state index >= 15 is 0 Å². The maximum atomic E-state index is 5.58. The molecule has 0 bridgehead atoms. The molecule has 0 radical (unpaired) electrons. The van der Waals surface area contributed by atoms with Gasteiger partial charge >= 0.3 is 0 Å². The number of ether oxygens (including phenoxy) is 1. The number of aliphatic imine (C=N–C) groups is 1. The molecule has 1 rings (SSSR count). The molecule has 0 unspecified atom stereocenters. The smallest absolute Gasteiger partial charge is 0.192 e. The van der Waals surface area contributed by atoms with E-state index in [0.717, 1.165) is 11.3 Å². The molecule has 1 aromatic carbocycles. The molecule has 20 heavy (non-hydrogen) atoms. The van der Waals surface area contributed by atoms with Crippen molar-refractivity contribution in [3.8, 4) is 18.1 Å². The summed E-state index contributed by atoms with van der Waals surface area (Å²) in [6.45, 7) is 5.17. The average Bonchev–Trinajstić information content (AvgIpc) is 2.46. The van der Waals surface area contributed by atoms with Gasteiger partial charge in [-0.15, -0.1) is 30.4 Å². The molecule has 108 valence electrons. The molecule has 0 amide bonds. The SMILES string of the molecule is C#CCNC(=NC)NCc1ccccc1OCC=C.I. The number of benzene rings is 1. The third-order valence-corrected chi connectivity index (χ3v) is 2.36. The third kappa shape index (κ3) is 6.48. The predicted molar refractivity (Wildman–Crippen MR) is 94.6 cm³/mol. The summed E-state index contributed by atoms with van der Waals surface area (Å²) >= 11 is 0. The van der Waals surface area contributed by atoms with Gasteiger partial charge < -0.3 is 15.4 Å². The first kappa shape index (κ1) is 18.3. The van der Waals surface area contributed by atoms with Crippen molar-refractivity contribution in [3.63, 3.8) is 0 Å². The molecule has 5 heteroatoms. The normalized spacial score (nSPS) is 9.90. The molecule has 4 nitrogen and oxygen atoms in total. The number of rotatable bonds is 6. The van der Waals surface area contributed by atoms with E-state index in [2.05, 4.69) is 28.1 Å². The standard InChI is InChI=1S/C15H19N3O.HI/c1-4-10-17-15(16-3)18-12-13-8-6-7-9-14(13)19-11-5-2;/h1,5-9H,2,10-12H2,3H3,(H2,16,17,18);1H. The topological polar surface area (TPSA) is 45.7 Å². The molecule has 0 aromatic heterocycles. The molecule has 0 aliphatic heterocycles. The summed E-state index contributed by atoms with van der Waals surface area (Å²) in [6, 6.07) is 7.83. The first-order valence-electron chi connectivity index (χ1n) is 6.01. The van der Waals surface area contributed by atoms with Crippen LogP contribution >= 0.6 is 24.0 Å². The number of hydrogen-bond donors (Lipinski definition) is 2. The maximum absolute atomic E-state index is 5.58. The fourth-order valence-corrected chi connectivity index (χ4v) is 1.47. The van der Waals surface area contributed by atoms with Crippen molar-refractivity contribution < 1.29 is 4.74 Å². The zero-order valence-electron chi connectivity index (χ0n) is 11.6. The number of terminal acetylenes is 1. The van der Waals surface area contributed by atoms with E-state index in [1.165, 1.54) is 0 Å². The van der Waals surface area contributed by atoms with Crippen LogP contribution in [0.5, 0.6) is 5.75 Å². The van der Waals surface area contributed by atoms with Crippen molar-refractivity contribution in [1.29, 1.82) is 0 Å². The van der Waals surface area contributed by atoms with Crippen molar-refractivity contribution in [2.45, 2.75) is 6.54 Å². The highest BCUT2D eigenvalue weighted by Gasteiger charge is 2.03. The Hall–Kier alpha value is -1.68. The van der Waals surface area contributed by atoms with Crippen LogP contribution < -0.4 is 15.4 Å². The fourth-order valence-electron chi connectivity index (χ4n) is 1.47. The Balaban J connectivity index is 0.00000361. The van der Waals surface area contributed by atoms with Gasteiger partial charge in [0.1, 0.15) is 12.4 Å². The highest BCUT2D eigenvalue weighted by Crippen LogP contribution is 2.17. The van der Waals surface area contributed by atoms with E-state index in [0.29, 0.717) is 25.7 Å². The lowest BCUT2D eigenvalue weighted by atomic mass is 10.2. The Bertz CT molecular complexity index is 480. The van der Waals surface area contributed by atoms with Gasteiger partial charge in [0.25, 0.3) is 0 Å². The number of para-hydroxylation sites is 1. The highest BCUT2D eigenvalue weighted by atomic mass is 127. The predicted octanol–water partition coefficient (Wildman–Crippen LogP) is 2.17. The van der Waals surface area contributed by atoms with Crippen LogP contribution in [-0.2, 0) is 6.54 Å². The zero-order valence-corrected chi connectivity index (χ0v) is 13.9. The van der Waals surface area contributed by atoms with Gasteiger partial charge in [-0.05, 0) is 6.07 Å². The molecule has 0 atom stereocenters. The van der Waals surface area contributed by atoms with Crippen LogP contribution in [-0.4, -0.2) is 26.2 Å². The quantitative estimate of drug-likeness (QED) is 0.260. The van der Waals surface area contributed by atoms with Gasteiger partial charge in [0.2, 0.25) is 0 Å². The number of halogens is 1. The molecule has 0 saturated heterocycles. The van der Waals surface area contributed by atoms with Gasteiger partial charge in [0.05, 0.1) is 6.54 Å². The second-order valence-corrected chi connectivity index (χ2v) is 3.69. The van der Waals surface area contributed by atoms with Crippen LogP contribution in [0.25, 0.3) is 0 Å². The lowest BCUT2D eigenvalue weighted by molar-refractivity contribution is 0.358. The Morgan fingerprint density at radius 3 is 2.85 bits per heavy atom. The number of nitrogens with zero attached hydrogens (tertiary/aromatic N) is 1. The Morgan fingerprint density at radius 2 is 2.20 bits per heavy atom. The molecule has 0 spiro atoms. The molecule has 2 N–H and O–H groups in total. The lowest BCUT2D eigenvalue weighted by Crippen LogP contribution is -2.37. The lowest BCUT2D eigenvalue weighted by Gasteiger charge is -2.13. The molecule has 1 aromatic rings. The summed E-state index contributed by atoms with van der Waals surface area (Å²) in [5.74, 6) is 4.00. The van der Waals surface area contributed by atoms with Gasteiger partial charge in [-0.3, -0.25) is 4.99 Å². The van der Waals surface area contributed by atoms with E-state index in [1.807, 2.05) is 24.3 Å².